The van der Waals surface area contributed by atoms with Crippen LogP contribution in [0.15, 0.2) is 42.5 Å². The number of carbonyl (C=O) groups excluding carboxylic acids is 2. The molecule has 2 aromatic carbocycles. The molecular weight excluding hydrogens is 327 g/mol. The van der Waals surface area contributed by atoms with Gasteiger partial charge in [0, 0.05) is 18.6 Å². The third-order valence-corrected chi connectivity index (χ3v) is 3.77. The number of carbonyl (C=O) groups is 2. The van der Waals surface area contributed by atoms with Crippen molar-refractivity contribution in [3.63, 3.8) is 0 Å². The molecule has 0 unspecified atom stereocenters. The molecule has 1 aliphatic heterocycles. The van der Waals surface area contributed by atoms with Crippen LogP contribution in [-0.4, -0.2) is 25.0 Å². The molecule has 0 bridgehead atoms. The fourth-order valence-electron chi connectivity index (χ4n) is 2.55. The van der Waals surface area contributed by atoms with Crippen LogP contribution in [0.3, 0.4) is 0 Å². The maximum Gasteiger partial charge on any atom is 0.247 e. The highest BCUT2D eigenvalue weighted by atomic mass is 19.1. The van der Waals surface area contributed by atoms with Gasteiger partial charge in [0.25, 0.3) is 0 Å². The number of anilines is 1. The molecule has 6 nitrogen and oxygen atoms in total. The summed E-state index contributed by atoms with van der Waals surface area (Å²) in [4.78, 5) is 23.5. The van der Waals surface area contributed by atoms with Crippen LogP contribution in [0.2, 0.25) is 0 Å². The Morgan fingerprint density at radius 3 is 2.72 bits per heavy atom. The van der Waals surface area contributed by atoms with Gasteiger partial charge in [0.05, 0.1) is 12.8 Å². The molecule has 25 heavy (non-hydrogen) atoms. The summed E-state index contributed by atoms with van der Waals surface area (Å²) >= 11 is 0. The van der Waals surface area contributed by atoms with Gasteiger partial charge in [0.2, 0.25) is 11.8 Å². The highest BCUT2D eigenvalue weighted by Gasteiger charge is 2.27. The van der Waals surface area contributed by atoms with Crippen LogP contribution in [0.5, 0.6) is 17.2 Å². The van der Waals surface area contributed by atoms with E-state index in [0.717, 1.165) is 0 Å². The summed E-state index contributed by atoms with van der Waals surface area (Å²) in [6.45, 7) is 0. The van der Waals surface area contributed by atoms with Gasteiger partial charge in [-0.3, -0.25) is 9.59 Å². The second-order valence-electron chi connectivity index (χ2n) is 5.57. The number of rotatable bonds is 5. The summed E-state index contributed by atoms with van der Waals surface area (Å²) in [5.41, 5.74) is 0.405. The average Bonchev–Trinajstić information content (AvgIpc) is 3.02. The molecular formula is C18H17FN2O4. The summed E-state index contributed by atoms with van der Waals surface area (Å²) in [6.07, 6.45) is 0.782. The first kappa shape index (κ1) is 16.8. The molecule has 130 valence electrons. The second-order valence-corrected chi connectivity index (χ2v) is 5.57. The van der Waals surface area contributed by atoms with Crippen LogP contribution in [-0.2, 0) is 9.59 Å². The van der Waals surface area contributed by atoms with Crippen molar-refractivity contribution in [2.45, 2.75) is 18.9 Å². The lowest BCUT2D eigenvalue weighted by molar-refractivity contribution is -0.122. The number of amides is 2. The molecule has 0 spiro atoms. The van der Waals surface area contributed by atoms with Gasteiger partial charge in [-0.1, -0.05) is 6.07 Å². The van der Waals surface area contributed by atoms with Crippen LogP contribution < -0.4 is 20.1 Å². The van der Waals surface area contributed by atoms with Crippen molar-refractivity contribution in [3.8, 4) is 17.2 Å². The maximum atomic E-state index is 13.3. The lowest BCUT2D eigenvalue weighted by Crippen LogP contribution is -2.37. The summed E-state index contributed by atoms with van der Waals surface area (Å²) in [7, 11) is 1.48. The molecule has 0 aliphatic carbocycles. The Bertz CT molecular complexity index is 809. The quantitative estimate of drug-likeness (QED) is 0.874. The summed E-state index contributed by atoms with van der Waals surface area (Å²) in [6, 6.07) is 10.1. The molecule has 2 N–H and O–H groups in total. The van der Waals surface area contributed by atoms with Crippen LogP contribution in [0, 0.1) is 5.82 Å². The van der Waals surface area contributed by atoms with E-state index in [-0.39, 0.29) is 11.8 Å². The number of hydrogen-bond donors (Lipinski definition) is 2. The Kier molecular flexibility index (Phi) is 4.83. The molecule has 1 saturated heterocycles. The number of nitrogens with one attached hydrogen (secondary N) is 2. The molecule has 1 heterocycles. The van der Waals surface area contributed by atoms with E-state index in [0.29, 0.717) is 35.8 Å². The van der Waals surface area contributed by atoms with Gasteiger partial charge < -0.3 is 20.1 Å². The van der Waals surface area contributed by atoms with Crippen LogP contribution in [0.4, 0.5) is 10.1 Å². The molecule has 2 aromatic rings. The molecule has 0 radical (unpaired) electrons. The van der Waals surface area contributed by atoms with Crippen LogP contribution in [0.25, 0.3) is 0 Å². The van der Waals surface area contributed by atoms with Gasteiger partial charge in [-0.25, -0.2) is 4.39 Å². The standard InChI is InChI=1S/C18H17FN2O4/c1-24-16-7-5-13(25-12-4-2-3-11(19)9-12)10-15(16)21-18(23)14-6-8-17(22)20-14/h2-5,7,9-10,14H,6,8H2,1H3,(H,20,22)(H,21,23)/t14-/m1/s1. The fraction of sp³-hybridized carbons (Fsp3) is 0.222. The number of methoxy groups -OCH3 is 1. The van der Waals surface area contributed by atoms with Crippen molar-refractivity contribution in [2.24, 2.45) is 0 Å². The minimum Gasteiger partial charge on any atom is -0.495 e. The Morgan fingerprint density at radius 1 is 1.24 bits per heavy atom. The zero-order chi connectivity index (χ0) is 17.8. The molecule has 1 fully saturated rings. The highest BCUT2D eigenvalue weighted by molar-refractivity contribution is 6.00. The third kappa shape index (κ3) is 4.06. The van der Waals surface area contributed by atoms with E-state index in [1.807, 2.05) is 0 Å². The monoisotopic (exact) mass is 344 g/mol. The van der Waals surface area contributed by atoms with Crippen molar-refractivity contribution in [2.75, 3.05) is 12.4 Å². The van der Waals surface area contributed by atoms with Gasteiger partial charge in [-0.15, -0.1) is 0 Å². The van der Waals surface area contributed by atoms with E-state index in [4.69, 9.17) is 9.47 Å². The maximum absolute atomic E-state index is 13.3. The SMILES string of the molecule is COc1ccc(Oc2cccc(F)c2)cc1NC(=O)[C@H]1CCC(=O)N1. The van der Waals surface area contributed by atoms with Crippen molar-refractivity contribution in [3.05, 3.63) is 48.3 Å². The van der Waals surface area contributed by atoms with E-state index >= 15 is 0 Å². The number of ether oxygens (including phenoxy) is 2. The molecule has 2 amide bonds. The number of halogens is 1. The predicted molar refractivity (Wildman–Crippen MR) is 89.3 cm³/mol. The van der Waals surface area contributed by atoms with Gasteiger partial charge >= 0.3 is 0 Å². The van der Waals surface area contributed by atoms with Crippen molar-refractivity contribution in [1.82, 2.24) is 5.32 Å². The molecule has 0 aromatic heterocycles. The average molecular weight is 344 g/mol. The molecule has 0 saturated carbocycles. The highest BCUT2D eigenvalue weighted by Crippen LogP contribution is 2.32. The topological polar surface area (TPSA) is 76.7 Å². The van der Waals surface area contributed by atoms with Gasteiger partial charge in [0.15, 0.2) is 0 Å². The van der Waals surface area contributed by atoms with E-state index < -0.39 is 11.9 Å². The van der Waals surface area contributed by atoms with Gasteiger partial charge in [-0.05, 0) is 30.7 Å². The minimum absolute atomic E-state index is 0.143. The van der Waals surface area contributed by atoms with E-state index in [9.17, 15) is 14.0 Å². The molecule has 1 aliphatic rings. The fourth-order valence-corrected chi connectivity index (χ4v) is 2.55. The lowest BCUT2D eigenvalue weighted by atomic mass is 10.2. The Balaban J connectivity index is 1.77. The zero-order valence-corrected chi connectivity index (χ0v) is 13.5. The van der Waals surface area contributed by atoms with Gasteiger partial charge in [0.1, 0.15) is 29.1 Å². The lowest BCUT2D eigenvalue weighted by Gasteiger charge is -2.15. The van der Waals surface area contributed by atoms with Crippen LogP contribution in [0.1, 0.15) is 12.8 Å². The number of benzene rings is 2. The van der Waals surface area contributed by atoms with E-state index in [2.05, 4.69) is 10.6 Å². The smallest absolute Gasteiger partial charge is 0.247 e. The first-order chi connectivity index (χ1) is 12.0. The number of hydrogen-bond acceptors (Lipinski definition) is 4. The Hall–Kier alpha value is -3.09. The summed E-state index contributed by atoms with van der Waals surface area (Å²) in [5, 5.41) is 5.34. The summed E-state index contributed by atoms with van der Waals surface area (Å²) in [5.74, 6) is 0.325. The van der Waals surface area contributed by atoms with Crippen molar-refractivity contribution < 1.29 is 23.5 Å². The molecule has 3 rings (SSSR count). The van der Waals surface area contributed by atoms with Crippen LogP contribution >= 0.6 is 0 Å². The summed E-state index contributed by atoms with van der Waals surface area (Å²) < 4.78 is 24.1. The minimum atomic E-state index is -0.565. The second kappa shape index (κ2) is 7.21. The third-order valence-electron chi connectivity index (χ3n) is 3.77. The molecule has 7 heteroatoms. The largest absolute Gasteiger partial charge is 0.495 e. The van der Waals surface area contributed by atoms with Gasteiger partial charge in [-0.2, -0.15) is 0 Å². The van der Waals surface area contributed by atoms with Crippen molar-refractivity contribution >= 4 is 17.5 Å². The van der Waals surface area contributed by atoms with E-state index in [1.54, 1.807) is 30.3 Å². The first-order valence-corrected chi connectivity index (χ1v) is 7.77. The van der Waals surface area contributed by atoms with E-state index in [1.165, 1.54) is 19.2 Å². The normalized spacial score (nSPS) is 16.2. The predicted octanol–water partition coefficient (Wildman–Crippen LogP) is 2.84. The Labute approximate surface area is 143 Å². The zero-order valence-electron chi connectivity index (χ0n) is 13.5. The molecule has 1 atom stereocenters. The van der Waals surface area contributed by atoms with Crippen molar-refractivity contribution in [1.29, 1.82) is 0 Å². The first-order valence-electron chi connectivity index (χ1n) is 7.77. The Morgan fingerprint density at radius 2 is 2.04 bits per heavy atom.